The van der Waals surface area contributed by atoms with Gasteiger partial charge < -0.3 is 10.0 Å². The van der Waals surface area contributed by atoms with E-state index in [0.717, 1.165) is 29.5 Å². The van der Waals surface area contributed by atoms with Crippen LogP contribution in [-0.2, 0) is 6.54 Å². The Labute approximate surface area is 126 Å². The van der Waals surface area contributed by atoms with Crippen molar-refractivity contribution in [3.8, 4) is 0 Å². The van der Waals surface area contributed by atoms with Gasteiger partial charge in [0.15, 0.2) is 0 Å². The van der Waals surface area contributed by atoms with Crippen LogP contribution in [0.5, 0.6) is 0 Å². The monoisotopic (exact) mass is 339 g/mol. The number of hydrogen-bond donors (Lipinski definition) is 1. The van der Waals surface area contributed by atoms with E-state index in [-0.39, 0.29) is 0 Å². The number of halogens is 1. The Bertz CT molecular complexity index is 483. The Hall–Kier alpha value is -0.680. The summed E-state index contributed by atoms with van der Waals surface area (Å²) in [6.07, 6.45) is 0.362. The maximum atomic E-state index is 10.1. The molecule has 2 nitrogen and oxygen atoms in total. The highest BCUT2D eigenvalue weighted by Crippen LogP contribution is 2.20. The molecule has 1 aromatic carbocycles. The van der Waals surface area contributed by atoms with Crippen LogP contribution in [0.4, 0.5) is 0 Å². The Morgan fingerprint density at radius 1 is 1.26 bits per heavy atom. The third-order valence-corrected chi connectivity index (χ3v) is 4.33. The summed E-state index contributed by atoms with van der Waals surface area (Å²) in [5.74, 6) is 0. The van der Waals surface area contributed by atoms with Crippen LogP contribution in [0.15, 0.2) is 45.6 Å². The predicted octanol–water partition coefficient (Wildman–Crippen LogP) is 4.07. The van der Waals surface area contributed by atoms with Crippen molar-refractivity contribution in [3.05, 3.63) is 56.7 Å². The fourth-order valence-corrected chi connectivity index (χ4v) is 2.89. The van der Waals surface area contributed by atoms with Gasteiger partial charge in [-0.3, -0.25) is 0 Å². The molecule has 0 radical (unpaired) electrons. The molecule has 0 spiro atoms. The summed E-state index contributed by atoms with van der Waals surface area (Å²) in [7, 11) is 2.09. The van der Waals surface area contributed by atoms with E-state index in [0.29, 0.717) is 0 Å². The van der Waals surface area contributed by atoms with E-state index in [1.165, 1.54) is 5.56 Å². The van der Waals surface area contributed by atoms with Crippen LogP contribution in [0.3, 0.4) is 0 Å². The molecule has 0 bridgehead atoms. The highest BCUT2D eigenvalue weighted by molar-refractivity contribution is 9.10. The number of rotatable bonds is 6. The molecular formula is C15H18BrNOS. The number of aliphatic hydroxyl groups is 1. The first-order chi connectivity index (χ1) is 9.15. The molecule has 0 saturated carbocycles. The van der Waals surface area contributed by atoms with Crippen molar-refractivity contribution in [3.63, 3.8) is 0 Å². The molecule has 1 aromatic heterocycles. The van der Waals surface area contributed by atoms with Gasteiger partial charge in [-0.2, -0.15) is 11.3 Å². The van der Waals surface area contributed by atoms with Gasteiger partial charge in [0.25, 0.3) is 0 Å². The van der Waals surface area contributed by atoms with Crippen molar-refractivity contribution in [1.82, 2.24) is 4.90 Å². The molecule has 19 heavy (non-hydrogen) atoms. The zero-order valence-corrected chi connectivity index (χ0v) is 13.3. The lowest BCUT2D eigenvalue weighted by Gasteiger charge is -2.18. The third kappa shape index (κ3) is 4.73. The average molecular weight is 340 g/mol. The largest absolute Gasteiger partial charge is 0.388 e. The topological polar surface area (TPSA) is 23.5 Å². The van der Waals surface area contributed by atoms with Crippen molar-refractivity contribution in [2.75, 3.05) is 13.6 Å². The minimum absolute atomic E-state index is 0.391. The Morgan fingerprint density at radius 3 is 2.63 bits per heavy atom. The van der Waals surface area contributed by atoms with E-state index in [1.807, 2.05) is 24.3 Å². The smallest absolute Gasteiger partial charge is 0.0802 e. The second-order valence-electron chi connectivity index (χ2n) is 4.73. The minimum Gasteiger partial charge on any atom is -0.388 e. The lowest BCUT2D eigenvalue weighted by molar-refractivity contribution is 0.147. The van der Waals surface area contributed by atoms with E-state index in [2.05, 4.69) is 44.7 Å². The van der Waals surface area contributed by atoms with Crippen LogP contribution < -0.4 is 0 Å². The van der Waals surface area contributed by atoms with Crippen molar-refractivity contribution in [2.45, 2.75) is 19.1 Å². The van der Waals surface area contributed by atoms with E-state index in [9.17, 15) is 5.11 Å². The van der Waals surface area contributed by atoms with Gasteiger partial charge in [0.2, 0.25) is 0 Å². The molecule has 2 rings (SSSR count). The summed E-state index contributed by atoms with van der Waals surface area (Å²) in [5, 5.41) is 14.4. The summed E-state index contributed by atoms with van der Waals surface area (Å²) < 4.78 is 1.04. The molecule has 0 aliphatic heterocycles. The number of benzene rings is 1. The van der Waals surface area contributed by atoms with Crippen LogP contribution in [-0.4, -0.2) is 23.6 Å². The average Bonchev–Trinajstić information content (AvgIpc) is 2.89. The molecule has 0 aliphatic rings. The summed E-state index contributed by atoms with van der Waals surface area (Å²) in [4.78, 5) is 2.24. The summed E-state index contributed by atoms with van der Waals surface area (Å²) in [5.41, 5.74) is 2.32. The Kier molecular flexibility index (Phi) is 5.58. The molecule has 102 valence electrons. The van der Waals surface area contributed by atoms with Crippen molar-refractivity contribution >= 4 is 27.3 Å². The first kappa shape index (κ1) is 14.7. The lowest BCUT2D eigenvalue weighted by Crippen LogP contribution is -2.20. The van der Waals surface area contributed by atoms with Crippen molar-refractivity contribution in [1.29, 1.82) is 0 Å². The highest BCUT2D eigenvalue weighted by atomic mass is 79.9. The lowest BCUT2D eigenvalue weighted by atomic mass is 10.1. The number of thiophene rings is 1. The SMILES string of the molecule is CN(CCC(O)c1ccc(Br)cc1)Cc1ccsc1. The molecule has 1 heterocycles. The molecular weight excluding hydrogens is 322 g/mol. The standard InChI is InChI=1S/C15H18BrNOS/c1-17(10-12-7-9-19-11-12)8-6-15(18)13-2-4-14(16)5-3-13/h2-5,7,9,11,15,18H,6,8,10H2,1H3. The van der Waals surface area contributed by atoms with Gasteiger partial charge >= 0.3 is 0 Å². The molecule has 0 saturated heterocycles. The van der Waals surface area contributed by atoms with E-state index in [1.54, 1.807) is 11.3 Å². The van der Waals surface area contributed by atoms with Crippen LogP contribution in [0.1, 0.15) is 23.7 Å². The zero-order chi connectivity index (χ0) is 13.7. The number of hydrogen-bond acceptors (Lipinski definition) is 3. The second kappa shape index (κ2) is 7.20. The fourth-order valence-electron chi connectivity index (χ4n) is 1.97. The van der Waals surface area contributed by atoms with Crippen LogP contribution in [0.2, 0.25) is 0 Å². The molecule has 2 aromatic rings. The van der Waals surface area contributed by atoms with Crippen molar-refractivity contribution < 1.29 is 5.11 Å². The zero-order valence-electron chi connectivity index (χ0n) is 10.9. The van der Waals surface area contributed by atoms with Crippen LogP contribution >= 0.6 is 27.3 Å². The molecule has 0 amide bonds. The van der Waals surface area contributed by atoms with Crippen LogP contribution in [0.25, 0.3) is 0 Å². The summed E-state index contributed by atoms with van der Waals surface area (Å²) >= 11 is 5.12. The molecule has 0 fully saturated rings. The fraction of sp³-hybridized carbons (Fsp3) is 0.333. The van der Waals surface area contributed by atoms with E-state index >= 15 is 0 Å². The van der Waals surface area contributed by atoms with Gasteiger partial charge in [-0.05, 0) is 53.6 Å². The van der Waals surface area contributed by atoms with Gasteiger partial charge in [0, 0.05) is 17.6 Å². The van der Waals surface area contributed by atoms with Gasteiger partial charge in [0.1, 0.15) is 0 Å². The van der Waals surface area contributed by atoms with Gasteiger partial charge in [-0.1, -0.05) is 28.1 Å². The van der Waals surface area contributed by atoms with E-state index in [4.69, 9.17) is 0 Å². The maximum Gasteiger partial charge on any atom is 0.0802 e. The summed E-state index contributed by atoms with van der Waals surface area (Å²) in [6, 6.07) is 10.0. The third-order valence-electron chi connectivity index (χ3n) is 3.07. The maximum absolute atomic E-state index is 10.1. The number of aliphatic hydroxyl groups excluding tert-OH is 1. The first-order valence-electron chi connectivity index (χ1n) is 6.28. The Balaban J connectivity index is 1.79. The molecule has 1 unspecified atom stereocenters. The van der Waals surface area contributed by atoms with Crippen LogP contribution in [0, 0.1) is 0 Å². The summed E-state index contributed by atoms with van der Waals surface area (Å²) in [6.45, 7) is 1.82. The highest BCUT2D eigenvalue weighted by Gasteiger charge is 2.09. The first-order valence-corrected chi connectivity index (χ1v) is 8.02. The molecule has 0 aliphatic carbocycles. The number of nitrogens with zero attached hydrogens (tertiary/aromatic N) is 1. The predicted molar refractivity (Wildman–Crippen MR) is 84.4 cm³/mol. The van der Waals surface area contributed by atoms with Gasteiger partial charge in [-0.15, -0.1) is 0 Å². The normalized spacial score (nSPS) is 12.8. The quantitative estimate of drug-likeness (QED) is 0.857. The molecule has 4 heteroatoms. The Morgan fingerprint density at radius 2 is 2.00 bits per heavy atom. The van der Waals surface area contributed by atoms with Crippen molar-refractivity contribution in [2.24, 2.45) is 0 Å². The van der Waals surface area contributed by atoms with Gasteiger partial charge in [0.05, 0.1) is 6.10 Å². The second-order valence-corrected chi connectivity index (χ2v) is 6.42. The molecule has 1 atom stereocenters. The van der Waals surface area contributed by atoms with Gasteiger partial charge in [-0.25, -0.2) is 0 Å². The van der Waals surface area contributed by atoms with E-state index < -0.39 is 6.10 Å². The minimum atomic E-state index is -0.391. The molecule has 1 N–H and O–H groups in total.